The number of hydrogen-bond donors (Lipinski definition) is 0. The third-order valence-corrected chi connectivity index (χ3v) is 4.36. The molecule has 1 atom stereocenters. The lowest BCUT2D eigenvalue weighted by molar-refractivity contribution is 0.358. The Bertz CT molecular complexity index is 851. The van der Waals surface area contributed by atoms with Crippen LogP contribution in [0.3, 0.4) is 0 Å². The highest BCUT2D eigenvalue weighted by molar-refractivity contribution is 5.56. The zero-order chi connectivity index (χ0) is 17.3. The average Bonchev–Trinajstić information content (AvgIpc) is 3.16. The molecule has 2 heterocycles. The number of methoxy groups -OCH3 is 1. The molecule has 0 radical (unpaired) electrons. The van der Waals surface area contributed by atoms with Crippen molar-refractivity contribution in [2.75, 3.05) is 7.11 Å². The number of rotatable bonds is 5. The van der Waals surface area contributed by atoms with Crippen LogP contribution in [0.25, 0.3) is 11.4 Å². The molecular formula is C18H22N4O2. The van der Waals surface area contributed by atoms with Crippen molar-refractivity contribution in [2.45, 2.75) is 33.1 Å². The maximum absolute atomic E-state index is 5.48. The van der Waals surface area contributed by atoms with E-state index in [2.05, 4.69) is 29.1 Å². The van der Waals surface area contributed by atoms with Crippen molar-refractivity contribution in [3.8, 4) is 17.1 Å². The second kappa shape index (κ2) is 6.47. The Morgan fingerprint density at radius 1 is 1.29 bits per heavy atom. The van der Waals surface area contributed by atoms with Crippen molar-refractivity contribution < 1.29 is 9.26 Å². The van der Waals surface area contributed by atoms with Crippen molar-refractivity contribution in [3.05, 3.63) is 47.1 Å². The summed E-state index contributed by atoms with van der Waals surface area (Å²) in [4.78, 5) is 4.56. The van der Waals surface area contributed by atoms with Crippen LogP contribution in [0.4, 0.5) is 0 Å². The summed E-state index contributed by atoms with van der Waals surface area (Å²) in [5.74, 6) is 2.11. The summed E-state index contributed by atoms with van der Waals surface area (Å²) < 4.78 is 12.6. The van der Waals surface area contributed by atoms with E-state index < -0.39 is 0 Å². The fourth-order valence-electron chi connectivity index (χ4n) is 2.82. The quantitative estimate of drug-likeness (QED) is 0.718. The molecule has 0 aliphatic carbocycles. The first kappa shape index (κ1) is 16.2. The van der Waals surface area contributed by atoms with Gasteiger partial charge in [0.2, 0.25) is 11.7 Å². The van der Waals surface area contributed by atoms with E-state index in [0.717, 1.165) is 23.4 Å². The maximum atomic E-state index is 5.48. The van der Waals surface area contributed by atoms with Gasteiger partial charge in [0.1, 0.15) is 5.75 Å². The number of aryl methyl sites for hydroxylation is 2. The van der Waals surface area contributed by atoms with Gasteiger partial charge in [-0.1, -0.05) is 24.2 Å². The summed E-state index contributed by atoms with van der Waals surface area (Å²) in [5, 5.41) is 8.58. The van der Waals surface area contributed by atoms with Gasteiger partial charge in [-0.25, -0.2) is 0 Å². The molecule has 1 aromatic carbocycles. The Hall–Kier alpha value is -2.63. The van der Waals surface area contributed by atoms with E-state index in [1.165, 1.54) is 11.3 Å². The number of ether oxygens (including phenoxy) is 1. The Balaban J connectivity index is 1.82. The van der Waals surface area contributed by atoms with Crippen LogP contribution < -0.4 is 4.74 Å². The van der Waals surface area contributed by atoms with Gasteiger partial charge < -0.3 is 9.26 Å². The first-order valence-electron chi connectivity index (χ1n) is 7.96. The molecule has 0 aliphatic heterocycles. The van der Waals surface area contributed by atoms with Crippen LogP contribution in [0.15, 0.2) is 28.8 Å². The molecule has 0 aliphatic rings. The second-order valence-electron chi connectivity index (χ2n) is 6.07. The predicted octanol–water partition coefficient (Wildman–Crippen LogP) is 3.44. The Labute approximate surface area is 141 Å². The summed E-state index contributed by atoms with van der Waals surface area (Å²) >= 11 is 0. The van der Waals surface area contributed by atoms with E-state index >= 15 is 0 Å². The van der Waals surface area contributed by atoms with Gasteiger partial charge in [-0.3, -0.25) is 4.68 Å². The van der Waals surface area contributed by atoms with E-state index in [0.29, 0.717) is 11.7 Å². The van der Waals surface area contributed by atoms with Crippen molar-refractivity contribution in [1.29, 1.82) is 0 Å². The molecule has 0 bridgehead atoms. The summed E-state index contributed by atoms with van der Waals surface area (Å²) in [6.07, 6.45) is 0.825. The van der Waals surface area contributed by atoms with Crippen LogP contribution in [0.1, 0.15) is 35.7 Å². The molecule has 0 amide bonds. The molecule has 3 rings (SSSR count). The summed E-state index contributed by atoms with van der Waals surface area (Å²) in [6.45, 7) is 6.21. The Morgan fingerprint density at radius 3 is 2.75 bits per heavy atom. The van der Waals surface area contributed by atoms with Gasteiger partial charge in [0.05, 0.1) is 12.8 Å². The molecule has 6 heteroatoms. The number of hydrogen-bond acceptors (Lipinski definition) is 5. The highest BCUT2D eigenvalue weighted by Gasteiger charge is 2.19. The van der Waals surface area contributed by atoms with Crippen molar-refractivity contribution in [2.24, 2.45) is 7.05 Å². The minimum absolute atomic E-state index is 0.124. The molecule has 1 unspecified atom stereocenters. The SMILES string of the molecule is COc1cccc(-c2noc(C(C)Cc3c(C)nn(C)c3C)n2)c1. The molecule has 0 fully saturated rings. The number of aromatic nitrogens is 4. The van der Waals surface area contributed by atoms with Gasteiger partial charge >= 0.3 is 0 Å². The van der Waals surface area contributed by atoms with Gasteiger partial charge in [-0.2, -0.15) is 10.1 Å². The molecular weight excluding hydrogens is 304 g/mol. The van der Waals surface area contributed by atoms with Gasteiger partial charge in [0.25, 0.3) is 0 Å². The highest BCUT2D eigenvalue weighted by Crippen LogP contribution is 2.26. The van der Waals surface area contributed by atoms with Crippen molar-refractivity contribution in [3.63, 3.8) is 0 Å². The van der Waals surface area contributed by atoms with Gasteiger partial charge in [-0.05, 0) is 38.0 Å². The molecule has 2 aromatic heterocycles. The van der Waals surface area contributed by atoms with Crippen LogP contribution in [0, 0.1) is 13.8 Å². The van der Waals surface area contributed by atoms with Crippen LogP contribution in [-0.2, 0) is 13.5 Å². The lowest BCUT2D eigenvalue weighted by atomic mass is 9.99. The van der Waals surface area contributed by atoms with Crippen LogP contribution in [0.5, 0.6) is 5.75 Å². The molecule has 126 valence electrons. The standard InChI is InChI=1S/C18H22N4O2/c1-11(9-16-12(2)20-22(4)13(16)3)18-19-17(21-24-18)14-7-6-8-15(10-14)23-5/h6-8,10-11H,9H2,1-5H3. The van der Waals surface area contributed by atoms with Gasteiger partial charge in [-0.15, -0.1) is 0 Å². The van der Waals surface area contributed by atoms with E-state index in [1.54, 1.807) is 7.11 Å². The van der Waals surface area contributed by atoms with Gasteiger partial charge in [0.15, 0.2) is 0 Å². The number of benzene rings is 1. The fraction of sp³-hybridized carbons (Fsp3) is 0.389. The average molecular weight is 326 g/mol. The van der Waals surface area contributed by atoms with Gasteiger partial charge in [0, 0.05) is 24.2 Å². The first-order valence-corrected chi connectivity index (χ1v) is 7.96. The van der Waals surface area contributed by atoms with E-state index in [9.17, 15) is 0 Å². The zero-order valence-corrected chi connectivity index (χ0v) is 14.7. The number of nitrogens with zero attached hydrogens (tertiary/aromatic N) is 4. The molecule has 0 saturated carbocycles. The molecule has 3 aromatic rings. The second-order valence-corrected chi connectivity index (χ2v) is 6.07. The topological polar surface area (TPSA) is 66.0 Å². The van der Waals surface area contributed by atoms with Crippen molar-refractivity contribution >= 4 is 0 Å². The van der Waals surface area contributed by atoms with Crippen LogP contribution in [0.2, 0.25) is 0 Å². The Kier molecular flexibility index (Phi) is 4.38. The molecule has 0 saturated heterocycles. The normalized spacial score (nSPS) is 12.4. The summed E-state index contributed by atoms with van der Waals surface area (Å²) in [7, 11) is 3.60. The lowest BCUT2D eigenvalue weighted by Crippen LogP contribution is -2.01. The fourth-order valence-corrected chi connectivity index (χ4v) is 2.82. The van der Waals surface area contributed by atoms with E-state index in [4.69, 9.17) is 9.26 Å². The summed E-state index contributed by atoms with van der Waals surface area (Å²) in [6, 6.07) is 7.64. The lowest BCUT2D eigenvalue weighted by Gasteiger charge is -2.07. The first-order chi connectivity index (χ1) is 11.5. The largest absolute Gasteiger partial charge is 0.497 e. The smallest absolute Gasteiger partial charge is 0.230 e. The molecule has 0 spiro atoms. The van der Waals surface area contributed by atoms with Crippen LogP contribution in [-0.4, -0.2) is 27.0 Å². The van der Waals surface area contributed by atoms with Crippen molar-refractivity contribution in [1.82, 2.24) is 19.9 Å². The van der Waals surface area contributed by atoms with Crippen LogP contribution >= 0.6 is 0 Å². The monoisotopic (exact) mass is 326 g/mol. The van der Waals surface area contributed by atoms with E-state index in [1.807, 2.05) is 42.9 Å². The highest BCUT2D eigenvalue weighted by atomic mass is 16.5. The predicted molar refractivity (Wildman–Crippen MR) is 91.1 cm³/mol. The molecule has 6 nitrogen and oxygen atoms in total. The molecule has 0 N–H and O–H groups in total. The zero-order valence-electron chi connectivity index (χ0n) is 14.7. The minimum atomic E-state index is 0.124. The third-order valence-electron chi connectivity index (χ3n) is 4.36. The third kappa shape index (κ3) is 3.04. The maximum Gasteiger partial charge on any atom is 0.230 e. The summed E-state index contributed by atoms with van der Waals surface area (Å²) in [5.41, 5.74) is 4.35. The Morgan fingerprint density at radius 2 is 2.08 bits per heavy atom. The molecule has 24 heavy (non-hydrogen) atoms. The minimum Gasteiger partial charge on any atom is -0.497 e. The van der Waals surface area contributed by atoms with E-state index in [-0.39, 0.29) is 5.92 Å².